The van der Waals surface area contributed by atoms with Crippen LogP contribution in [0, 0.1) is 5.82 Å². The van der Waals surface area contributed by atoms with E-state index >= 15 is 0 Å². The Bertz CT molecular complexity index is 1260. The van der Waals surface area contributed by atoms with Crippen LogP contribution in [0.3, 0.4) is 0 Å². The smallest absolute Gasteiger partial charge is 0.269 e. The van der Waals surface area contributed by atoms with Gasteiger partial charge in [0.1, 0.15) is 16.2 Å². The van der Waals surface area contributed by atoms with Crippen LogP contribution in [0.15, 0.2) is 77.6 Å². The summed E-state index contributed by atoms with van der Waals surface area (Å²) in [5, 5.41) is 1.82. The van der Waals surface area contributed by atoms with Crippen LogP contribution >= 0.6 is 11.3 Å². The molecule has 0 atom stereocenters. The minimum Gasteiger partial charge on any atom is -0.380 e. The van der Waals surface area contributed by atoms with Crippen LogP contribution in [-0.2, 0) is 11.3 Å². The van der Waals surface area contributed by atoms with Gasteiger partial charge >= 0.3 is 0 Å². The SMILES string of the molecule is C=C/C=C\C.COCc1ccc(-c2csc3c(=O)[nH]c(-c4ccccn4)nc23)cc1F. The summed E-state index contributed by atoms with van der Waals surface area (Å²) in [6, 6.07) is 10.3. The number of allylic oxidation sites excluding steroid dienone is 3. The first-order valence-corrected chi connectivity index (χ1v) is 10.4. The van der Waals surface area contributed by atoms with Gasteiger partial charge in [-0.25, -0.2) is 9.37 Å². The second-order valence-electron chi connectivity index (χ2n) is 6.46. The highest BCUT2D eigenvalue weighted by atomic mass is 32.1. The predicted octanol–water partition coefficient (Wildman–Crippen LogP) is 5.75. The first-order valence-electron chi connectivity index (χ1n) is 9.53. The number of pyridine rings is 1. The molecule has 158 valence electrons. The lowest BCUT2D eigenvalue weighted by Gasteiger charge is -2.06. The van der Waals surface area contributed by atoms with E-state index in [0.717, 1.165) is 5.56 Å². The van der Waals surface area contributed by atoms with Crippen molar-refractivity contribution < 1.29 is 9.13 Å². The molecule has 4 aromatic rings. The lowest BCUT2D eigenvalue weighted by Crippen LogP contribution is -2.08. The number of hydrogen-bond acceptors (Lipinski definition) is 5. The second kappa shape index (κ2) is 10.6. The molecular weight excluding hydrogens is 413 g/mol. The van der Waals surface area contributed by atoms with Gasteiger partial charge < -0.3 is 9.72 Å². The van der Waals surface area contributed by atoms with Crippen molar-refractivity contribution in [3.05, 3.63) is 94.5 Å². The van der Waals surface area contributed by atoms with E-state index in [1.807, 2.05) is 36.6 Å². The number of nitrogens with zero attached hydrogens (tertiary/aromatic N) is 2. The van der Waals surface area contributed by atoms with Crippen LogP contribution in [0.25, 0.3) is 32.9 Å². The largest absolute Gasteiger partial charge is 0.380 e. The van der Waals surface area contributed by atoms with E-state index in [4.69, 9.17) is 4.74 Å². The van der Waals surface area contributed by atoms with Gasteiger partial charge in [-0.3, -0.25) is 9.78 Å². The average Bonchev–Trinajstić information content (AvgIpc) is 3.22. The van der Waals surface area contributed by atoms with Crippen molar-refractivity contribution >= 4 is 21.6 Å². The number of rotatable bonds is 5. The number of H-pyrrole nitrogens is 1. The van der Waals surface area contributed by atoms with Crippen LogP contribution in [0.5, 0.6) is 0 Å². The van der Waals surface area contributed by atoms with E-state index in [1.165, 1.54) is 24.5 Å². The van der Waals surface area contributed by atoms with E-state index < -0.39 is 0 Å². The average molecular weight is 436 g/mol. The Balaban J connectivity index is 0.000000491. The molecule has 1 N–H and O–H groups in total. The van der Waals surface area contributed by atoms with Crippen molar-refractivity contribution in [1.29, 1.82) is 0 Å². The number of hydrogen-bond donors (Lipinski definition) is 1. The summed E-state index contributed by atoms with van der Waals surface area (Å²) in [6.45, 7) is 5.63. The Hall–Kier alpha value is -3.42. The summed E-state index contributed by atoms with van der Waals surface area (Å²) in [4.78, 5) is 24.0. The van der Waals surface area contributed by atoms with Crippen molar-refractivity contribution in [2.75, 3.05) is 7.11 Å². The van der Waals surface area contributed by atoms with Crippen molar-refractivity contribution in [2.24, 2.45) is 0 Å². The fraction of sp³-hybridized carbons (Fsp3) is 0.125. The van der Waals surface area contributed by atoms with Gasteiger partial charge in [0.05, 0.1) is 12.1 Å². The molecule has 0 spiro atoms. The molecule has 31 heavy (non-hydrogen) atoms. The third kappa shape index (κ3) is 5.20. The third-order valence-electron chi connectivity index (χ3n) is 4.33. The van der Waals surface area contributed by atoms with Gasteiger partial charge in [-0.15, -0.1) is 11.3 Å². The maximum atomic E-state index is 14.3. The van der Waals surface area contributed by atoms with E-state index in [2.05, 4.69) is 21.5 Å². The van der Waals surface area contributed by atoms with Crippen molar-refractivity contribution in [3.63, 3.8) is 0 Å². The first kappa shape index (κ1) is 22.3. The third-order valence-corrected chi connectivity index (χ3v) is 5.29. The lowest BCUT2D eigenvalue weighted by atomic mass is 10.1. The molecule has 4 rings (SSSR count). The van der Waals surface area contributed by atoms with Gasteiger partial charge in [0, 0.05) is 29.8 Å². The molecule has 0 amide bonds. The number of aromatic amines is 1. The fourth-order valence-electron chi connectivity index (χ4n) is 2.88. The molecule has 1 aromatic carbocycles. The van der Waals surface area contributed by atoms with Crippen LogP contribution in [-0.4, -0.2) is 22.1 Å². The number of ether oxygens (including phenoxy) is 1. The normalized spacial score (nSPS) is 10.8. The molecule has 0 saturated carbocycles. The van der Waals surface area contributed by atoms with E-state index in [9.17, 15) is 9.18 Å². The molecule has 5 nitrogen and oxygen atoms in total. The summed E-state index contributed by atoms with van der Waals surface area (Å²) >= 11 is 1.29. The predicted molar refractivity (Wildman–Crippen MR) is 125 cm³/mol. The van der Waals surface area contributed by atoms with Gasteiger partial charge in [0.25, 0.3) is 5.56 Å². The molecule has 0 aliphatic carbocycles. The highest BCUT2D eigenvalue weighted by Crippen LogP contribution is 2.32. The zero-order chi connectivity index (χ0) is 22.2. The summed E-state index contributed by atoms with van der Waals surface area (Å²) in [7, 11) is 1.52. The Labute approximate surface area is 183 Å². The molecule has 0 bridgehead atoms. The van der Waals surface area contributed by atoms with Gasteiger partial charge in [0.15, 0.2) is 5.82 Å². The highest BCUT2D eigenvalue weighted by molar-refractivity contribution is 7.17. The Morgan fingerprint density at radius 1 is 1.29 bits per heavy atom. The molecule has 0 fully saturated rings. The molecule has 0 aliphatic rings. The number of fused-ring (bicyclic) bond motifs is 1. The first-order chi connectivity index (χ1) is 15.1. The number of thiophene rings is 1. The number of nitrogens with one attached hydrogen (secondary N) is 1. The van der Waals surface area contributed by atoms with Gasteiger partial charge in [-0.1, -0.05) is 43.0 Å². The number of benzene rings is 1. The van der Waals surface area contributed by atoms with E-state index in [1.54, 1.807) is 30.5 Å². The highest BCUT2D eigenvalue weighted by Gasteiger charge is 2.15. The molecule has 0 aliphatic heterocycles. The zero-order valence-corrected chi connectivity index (χ0v) is 18.1. The minimum atomic E-state index is -0.349. The van der Waals surface area contributed by atoms with E-state index in [0.29, 0.717) is 32.9 Å². The molecule has 0 radical (unpaired) electrons. The molecule has 7 heteroatoms. The van der Waals surface area contributed by atoms with Crippen LogP contribution in [0.1, 0.15) is 12.5 Å². The van der Waals surface area contributed by atoms with Crippen molar-refractivity contribution in [1.82, 2.24) is 15.0 Å². The van der Waals surface area contributed by atoms with Crippen LogP contribution < -0.4 is 5.56 Å². The quantitative estimate of drug-likeness (QED) is 0.406. The minimum absolute atomic E-state index is 0.207. The number of halogens is 1. The van der Waals surface area contributed by atoms with Gasteiger partial charge in [-0.05, 0) is 30.7 Å². The zero-order valence-electron chi connectivity index (χ0n) is 17.3. The Morgan fingerprint density at radius 2 is 2.13 bits per heavy atom. The van der Waals surface area contributed by atoms with Crippen molar-refractivity contribution in [3.8, 4) is 22.6 Å². The van der Waals surface area contributed by atoms with Gasteiger partial charge in [-0.2, -0.15) is 0 Å². The number of methoxy groups -OCH3 is 1. The summed E-state index contributed by atoms with van der Waals surface area (Å²) in [6.07, 6.45) is 7.21. The summed E-state index contributed by atoms with van der Waals surface area (Å²) in [5.74, 6) is 0.0396. The maximum absolute atomic E-state index is 14.3. The van der Waals surface area contributed by atoms with E-state index in [-0.39, 0.29) is 18.0 Å². The monoisotopic (exact) mass is 435 g/mol. The topological polar surface area (TPSA) is 67.9 Å². The lowest BCUT2D eigenvalue weighted by molar-refractivity contribution is 0.181. The standard InChI is InChI=1S/C19H14FN3O2S.C5H8/c1-25-9-12-6-5-11(8-14(12)20)13-10-26-17-16(13)22-18(23-19(17)24)15-4-2-3-7-21-15;1-3-5-4-2/h2-8,10H,9H2,1H3,(H,22,23,24);3-5H,1H2,2H3/b;5-4-. The summed E-state index contributed by atoms with van der Waals surface area (Å²) in [5.41, 5.74) is 2.75. The van der Waals surface area contributed by atoms with Crippen molar-refractivity contribution in [2.45, 2.75) is 13.5 Å². The maximum Gasteiger partial charge on any atom is 0.269 e. The molecular formula is C24H22FN3O2S. The second-order valence-corrected chi connectivity index (χ2v) is 7.34. The Morgan fingerprint density at radius 3 is 2.74 bits per heavy atom. The molecule has 0 unspecified atom stereocenters. The summed E-state index contributed by atoms with van der Waals surface area (Å²) < 4.78 is 19.8. The van der Waals surface area contributed by atoms with Crippen LogP contribution in [0.2, 0.25) is 0 Å². The molecule has 3 aromatic heterocycles. The number of aromatic nitrogens is 3. The molecule has 0 saturated heterocycles. The van der Waals surface area contributed by atoms with Gasteiger partial charge in [0.2, 0.25) is 0 Å². The Kier molecular flexibility index (Phi) is 7.59. The fourth-order valence-corrected chi connectivity index (χ4v) is 3.79. The molecule has 3 heterocycles. The van der Waals surface area contributed by atoms with Crippen LogP contribution in [0.4, 0.5) is 4.39 Å².